The largest absolute Gasteiger partial charge is 0.497 e. The van der Waals surface area contributed by atoms with E-state index in [-0.39, 0.29) is 19.9 Å². The van der Waals surface area contributed by atoms with Gasteiger partial charge in [0, 0.05) is 24.3 Å². The molecule has 1 aromatic heterocycles. The first-order chi connectivity index (χ1) is 17.6. The third-order valence-electron chi connectivity index (χ3n) is 6.51. The summed E-state index contributed by atoms with van der Waals surface area (Å²) in [5.74, 6) is 0.555. The molecule has 5 rings (SSSR count). The zero-order chi connectivity index (χ0) is 25.1. The van der Waals surface area contributed by atoms with Crippen LogP contribution in [0, 0.1) is 4.91 Å². The van der Waals surface area contributed by atoms with E-state index in [2.05, 4.69) is 39.9 Å². The molecule has 0 unspecified atom stereocenters. The zero-order valence-electron chi connectivity index (χ0n) is 20.3. The molecule has 4 aromatic rings. The van der Waals surface area contributed by atoms with E-state index >= 15 is 0 Å². The van der Waals surface area contributed by atoms with Crippen molar-refractivity contribution < 1.29 is 9.53 Å². The van der Waals surface area contributed by atoms with Gasteiger partial charge in [-0.05, 0) is 66.6 Å². The Bertz CT molecular complexity index is 1390. The van der Waals surface area contributed by atoms with Crippen LogP contribution in [-0.4, -0.2) is 36.4 Å². The molecule has 1 amide bonds. The molecule has 8 heteroatoms. The SMILES string of the molecule is C.CNCc1ccccc1-c1ccc(N2CCc3c(CN=O)nn(-c4ccc(OC)cc4)c3C2=O)cc1. The number of nitroso groups, excluding NO2 is 1. The number of nitrogens with one attached hydrogen (secondary N) is 1. The number of hydrogen-bond acceptors (Lipinski definition) is 6. The molecule has 0 fully saturated rings. The Morgan fingerprint density at radius 2 is 1.70 bits per heavy atom. The van der Waals surface area contributed by atoms with E-state index in [0.717, 1.165) is 34.6 Å². The Hall–Kier alpha value is -4.30. The second kappa shape index (κ2) is 11.2. The van der Waals surface area contributed by atoms with Gasteiger partial charge in [-0.25, -0.2) is 4.68 Å². The smallest absolute Gasteiger partial charge is 0.277 e. The van der Waals surface area contributed by atoms with Crippen molar-refractivity contribution in [3.8, 4) is 22.6 Å². The highest BCUT2D eigenvalue weighted by molar-refractivity contribution is 6.07. The van der Waals surface area contributed by atoms with Crippen LogP contribution in [0.25, 0.3) is 16.8 Å². The van der Waals surface area contributed by atoms with Crippen molar-refractivity contribution in [2.45, 2.75) is 26.9 Å². The Morgan fingerprint density at radius 3 is 2.38 bits per heavy atom. The van der Waals surface area contributed by atoms with Crippen molar-refractivity contribution in [3.05, 3.63) is 100 Å². The quantitative estimate of drug-likeness (QED) is 0.331. The summed E-state index contributed by atoms with van der Waals surface area (Å²) in [4.78, 5) is 26.6. The van der Waals surface area contributed by atoms with E-state index in [1.165, 1.54) is 5.56 Å². The summed E-state index contributed by atoms with van der Waals surface area (Å²) in [6, 6.07) is 23.7. The molecule has 1 N–H and O–H groups in total. The summed E-state index contributed by atoms with van der Waals surface area (Å²) in [5, 5.41) is 10.8. The minimum atomic E-state index is -0.153. The van der Waals surface area contributed by atoms with E-state index in [4.69, 9.17) is 4.74 Å². The maximum atomic E-state index is 13.8. The van der Waals surface area contributed by atoms with Crippen LogP contribution in [0.2, 0.25) is 0 Å². The fourth-order valence-corrected chi connectivity index (χ4v) is 4.74. The number of anilines is 1. The fraction of sp³-hybridized carbons (Fsp3) is 0.241. The van der Waals surface area contributed by atoms with Gasteiger partial charge in [-0.2, -0.15) is 10.0 Å². The number of methoxy groups -OCH3 is 1. The van der Waals surface area contributed by atoms with Crippen LogP contribution in [0.4, 0.5) is 5.69 Å². The van der Waals surface area contributed by atoms with Crippen LogP contribution in [-0.2, 0) is 19.5 Å². The van der Waals surface area contributed by atoms with Crippen LogP contribution in [0.15, 0.2) is 78.0 Å². The standard InChI is InChI=1S/C28H27N5O3.CH4/c1-29-17-20-5-3-4-6-24(20)19-7-9-21(10-8-19)32-16-15-25-26(18-30-35)31-33(27(25)28(32)34)22-11-13-23(36-2)14-12-22;/h3-14,29H,15-18H2,1-2H3;1H4. The highest BCUT2D eigenvalue weighted by atomic mass is 16.5. The van der Waals surface area contributed by atoms with Crippen LogP contribution in [0.1, 0.15) is 34.7 Å². The lowest BCUT2D eigenvalue weighted by Gasteiger charge is -2.28. The lowest BCUT2D eigenvalue weighted by atomic mass is 9.98. The highest BCUT2D eigenvalue weighted by Gasteiger charge is 2.33. The first-order valence-electron chi connectivity index (χ1n) is 11.8. The molecule has 1 aliphatic heterocycles. The van der Waals surface area contributed by atoms with Gasteiger partial charge in [-0.3, -0.25) is 4.79 Å². The number of benzene rings is 3. The molecule has 1 aliphatic rings. The maximum Gasteiger partial charge on any atom is 0.277 e. The molecule has 2 heterocycles. The Balaban J connectivity index is 0.00000320. The minimum absolute atomic E-state index is 0. The number of rotatable bonds is 8. The molecule has 8 nitrogen and oxygen atoms in total. The molecule has 0 radical (unpaired) electrons. The highest BCUT2D eigenvalue weighted by Crippen LogP contribution is 2.31. The third-order valence-corrected chi connectivity index (χ3v) is 6.51. The van der Waals surface area contributed by atoms with Crippen molar-refractivity contribution in [2.75, 3.05) is 25.6 Å². The first kappa shape index (κ1) is 25.8. The number of aromatic nitrogens is 2. The molecule has 0 aliphatic carbocycles. The Kier molecular flexibility index (Phi) is 7.79. The average Bonchev–Trinajstić information content (AvgIpc) is 3.29. The van der Waals surface area contributed by atoms with Gasteiger partial charge in [0.25, 0.3) is 5.91 Å². The van der Waals surface area contributed by atoms with E-state index in [1.807, 2.05) is 55.6 Å². The van der Waals surface area contributed by atoms with E-state index in [0.29, 0.717) is 30.1 Å². The van der Waals surface area contributed by atoms with Gasteiger partial charge in [0.15, 0.2) is 0 Å². The summed E-state index contributed by atoms with van der Waals surface area (Å²) in [6.07, 6.45) is 0.592. The lowest BCUT2D eigenvalue weighted by Crippen LogP contribution is -2.38. The van der Waals surface area contributed by atoms with Gasteiger partial charge in [-0.15, -0.1) is 0 Å². The predicted octanol–water partition coefficient (Wildman–Crippen LogP) is 5.37. The summed E-state index contributed by atoms with van der Waals surface area (Å²) in [5.41, 5.74) is 6.80. The fourth-order valence-electron chi connectivity index (χ4n) is 4.74. The molecule has 0 atom stereocenters. The summed E-state index contributed by atoms with van der Waals surface area (Å²) >= 11 is 0. The number of hydrogen-bond donors (Lipinski definition) is 1. The van der Waals surface area contributed by atoms with Crippen molar-refractivity contribution in [3.63, 3.8) is 0 Å². The van der Waals surface area contributed by atoms with Gasteiger partial charge < -0.3 is 15.0 Å². The molecule has 0 saturated carbocycles. The van der Waals surface area contributed by atoms with Gasteiger partial charge in [0.2, 0.25) is 0 Å². The molecular formula is C29H31N5O3. The Morgan fingerprint density at radius 1 is 1.00 bits per heavy atom. The summed E-state index contributed by atoms with van der Waals surface area (Å²) in [7, 11) is 3.54. The molecule has 0 saturated heterocycles. The molecule has 0 bridgehead atoms. The van der Waals surface area contributed by atoms with Crippen LogP contribution in [0.5, 0.6) is 5.75 Å². The van der Waals surface area contributed by atoms with Crippen LogP contribution in [0.3, 0.4) is 0 Å². The van der Waals surface area contributed by atoms with Crippen LogP contribution >= 0.6 is 0 Å². The first-order valence-corrected chi connectivity index (χ1v) is 11.8. The zero-order valence-corrected chi connectivity index (χ0v) is 20.3. The van der Waals surface area contributed by atoms with E-state index in [1.54, 1.807) is 16.7 Å². The van der Waals surface area contributed by atoms with Gasteiger partial charge >= 0.3 is 0 Å². The normalized spacial score (nSPS) is 12.6. The monoisotopic (exact) mass is 497 g/mol. The molecular weight excluding hydrogens is 466 g/mol. The van der Waals surface area contributed by atoms with Gasteiger partial charge in [0.05, 0.1) is 18.5 Å². The van der Waals surface area contributed by atoms with Gasteiger partial charge in [0.1, 0.15) is 18.0 Å². The molecule has 3 aromatic carbocycles. The number of carbonyl (C=O) groups is 1. The minimum Gasteiger partial charge on any atom is -0.497 e. The van der Waals surface area contributed by atoms with E-state index in [9.17, 15) is 9.70 Å². The second-order valence-corrected chi connectivity index (χ2v) is 8.61. The number of ether oxygens (including phenoxy) is 1. The Labute approximate surface area is 216 Å². The predicted molar refractivity (Wildman–Crippen MR) is 146 cm³/mol. The van der Waals surface area contributed by atoms with Gasteiger partial charge in [-0.1, -0.05) is 49.0 Å². The van der Waals surface area contributed by atoms with E-state index < -0.39 is 0 Å². The van der Waals surface area contributed by atoms with Crippen molar-refractivity contribution in [1.82, 2.24) is 15.1 Å². The number of carbonyl (C=O) groups excluding carboxylic acids is 1. The number of amides is 1. The third kappa shape index (κ3) is 4.88. The maximum absolute atomic E-state index is 13.8. The lowest BCUT2D eigenvalue weighted by molar-refractivity contribution is 0.0973. The van der Waals surface area contributed by atoms with Crippen molar-refractivity contribution in [2.24, 2.45) is 5.18 Å². The number of nitrogens with zero attached hydrogens (tertiary/aromatic N) is 4. The molecule has 0 spiro atoms. The summed E-state index contributed by atoms with van der Waals surface area (Å²) in [6.45, 7) is 1.21. The topological polar surface area (TPSA) is 88.8 Å². The summed E-state index contributed by atoms with van der Waals surface area (Å²) < 4.78 is 6.87. The molecule has 37 heavy (non-hydrogen) atoms. The molecule has 190 valence electrons. The van der Waals surface area contributed by atoms with Crippen molar-refractivity contribution in [1.29, 1.82) is 0 Å². The number of fused-ring (bicyclic) bond motifs is 1. The average molecular weight is 498 g/mol. The van der Waals surface area contributed by atoms with Crippen LogP contribution < -0.4 is 15.0 Å². The second-order valence-electron chi connectivity index (χ2n) is 8.61. The van der Waals surface area contributed by atoms with Crippen molar-refractivity contribution >= 4 is 11.6 Å².